The highest BCUT2D eigenvalue weighted by Gasteiger charge is 2.16. The molecule has 0 unspecified atom stereocenters. The first kappa shape index (κ1) is 14.7. The maximum Gasteiger partial charge on any atom is 0.235 e. The summed E-state index contributed by atoms with van der Waals surface area (Å²) in [6, 6.07) is 3.36. The Morgan fingerprint density at radius 2 is 2.22 bits per heavy atom. The van der Waals surface area contributed by atoms with Gasteiger partial charge in [-0.15, -0.1) is 0 Å². The van der Waals surface area contributed by atoms with Gasteiger partial charge in [-0.1, -0.05) is 12.2 Å². The van der Waals surface area contributed by atoms with Crippen molar-refractivity contribution >= 4 is 33.0 Å². The van der Waals surface area contributed by atoms with Gasteiger partial charge in [0.25, 0.3) is 0 Å². The lowest BCUT2D eigenvalue weighted by atomic mass is 10.4. The molecule has 0 fully saturated rings. The summed E-state index contributed by atoms with van der Waals surface area (Å²) >= 11 is 4.58. The van der Waals surface area contributed by atoms with Gasteiger partial charge in [0.05, 0.1) is 23.5 Å². The van der Waals surface area contributed by atoms with Crippen molar-refractivity contribution in [2.45, 2.75) is 13.0 Å². The molecule has 6 nitrogen and oxygen atoms in total. The zero-order valence-corrected chi connectivity index (χ0v) is 11.2. The molecule has 0 aliphatic heterocycles. The van der Waals surface area contributed by atoms with Gasteiger partial charge in [0.15, 0.2) is 9.84 Å². The maximum atomic E-state index is 11.5. The van der Waals surface area contributed by atoms with Crippen molar-refractivity contribution < 1.29 is 17.6 Å². The van der Waals surface area contributed by atoms with Gasteiger partial charge in [-0.3, -0.25) is 4.79 Å². The summed E-state index contributed by atoms with van der Waals surface area (Å²) in [6.07, 6.45) is 1.56. The van der Waals surface area contributed by atoms with E-state index in [9.17, 15) is 13.2 Å². The van der Waals surface area contributed by atoms with Gasteiger partial charge >= 0.3 is 0 Å². The van der Waals surface area contributed by atoms with Crippen LogP contribution >= 0.6 is 12.2 Å². The average molecular weight is 290 g/mol. The number of sulfone groups is 1. The average Bonchev–Trinajstić information content (AvgIpc) is 2.76. The van der Waals surface area contributed by atoms with E-state index in [1.807, 2.05) is 0 Å². The molecule has 18 heavy (non-hydrogen) atoms. The maximum absolute atomic E-state index is 11.5. The summed E-state index contributed by atoms with van der Waals surface area (Å²) in [4.78, 5) is 11.5. The van der Waals surface area contributed by atoms with Crippen LogP contribution in [0.25, 0.3) is 0 Å². The highest BCUT2D eigenvalue weighted by Crippen LogP contribution is 1.99. The summed E-state index contributed by atoms with van der Waals surface area (Å²) in [7, 11) is -3.48. The number of rotatable bonds is 7. The molecule has 8 heteroatoms. The molecule has 1 aromatic rings. The van der Waals surface area contributed by atoms with Gasteiger partial charge in [-0.05, 0) is 12.1 Å². The third-order valence-corrected chi connectivity index (χ3v) is 3.78. The van der Waals surface area contributed by atoms with Crippen LogP contribution in [0, 0.1) is 0 Å². The summed E-state index contributed by atoms with van der Waals surface area (Å²) in [6.45, 7) is 0.163. The molecule has 1 rings (SSSR count). The van der Waals surface area contributed by atoms with Crippen LogP contribution in [0.15, 0.2) is 22.8 Å². The van der Waals surface area contributed by atoms with E-state index in [0.717, 1.165) is 0 Å². The molecule has 0 aromatic carbocycles. The van der Waals surface area contributed by atoms with Crippen molar-refractivity contribution in [3.05, 3.63) is 24.2 Å². The molecule has 0 saturated heterocycles. The highest BCUT2D eigenvalue weighted by atomic mass is 32.2. The first-order valence-corrected chi connectivity index (χ1v) is 7.40. The van der Waals surface area contributed by atoms with Crippen LogP contribution in [0.1, 0.15) is 12.2 Å². The number of hydrogen-bond donors (Lipinski definition) is 2. The summed E-state index contributed by atoms with van der Waals surface area (Å²) in [5.41, 5.74) is 5.21. The minimum atomic E-state index is -3.48. The van der Waals surface area contributed by atoms with Crippen molar-refractivity contribution in [2.24, 2.45) is 5.73 Å². The smallest absolute Gasteiger partial charge is 0.235 e. The fraction of sp³-hybridized carbons (Fsp3) is 0.400. The molecule has 1 heterocycles. The lowest BCUT2D eigenvalue weighted by Crippen LogP contribution is -2.31. The molecule has 1 amide bonds. The SMILES string of the molecule is NC(=S)CCS(=O)(=O)CC(=O)NCc1ccco1. The Morgan fingerprint density at radius 3 is 2.78 bits per heavy atom. The van der Waals surface area contributed by atoms with Crippen LogP contribution < -0.4 is 11.1 Å². The van der Waals surface area contributed by atoms with E-state index in [0.29, 0.717) is 5.76 Å². The third kappa shape index (κ3) is 5.78. The number of thiocarbonyl (C=S) groups is 1. The van der Waals surface area contributed by atoms with Gasteiger partial charge in [-0.2, -0.15) is 0 Å². The van der Waals surface area contributed by atoms with E-state index in [1.165, 1.54) is 6.26 Å². The van der Waals surface area contributed by atoms with Crippen LogP contribution in [0.4, 0.5) is 0 Å². The van der Waals surface area contributed by atoms with Gasteiger partial charge in [0, 0.05) is 6.42 Å². The zero-order chi connectivity index (χ0) is 13.6. The minimum Gasteiger partial charge on any atom is -0.467 e. The molecule has 0 aliphatic rings. The number of hydrogen-bond acceptors (Lipinski definition) is 5. The Labute approximate surface area is 110 Å². The molecular formula is C10H14N2O4S2. The molecule has 0 spiro atoms. The number of carbonyl (C=O) groups is 1. The summed E-state index contributed by atoms with van der Waals surface area (Å²) < 4.78 is 28.0. The second-order valence-corrected chi connectivity index (χ2v) is 6.37. The van der Waals surface area contributed by atoms with Gasteiger partial charge in [0.2, 0.25) is 5.91 Å². The predicted molar refractivity (Wildman–Crippen MR) is 70.6 cm³/mol. The van der Waals surface area contributed by atoms with Crippen LogP contribution in [0.3, 0.4) is 0 Å². The van der Waals surface area contributed by atoms with Gasteiger partial charge in [0.1, 0.15) is 11.5 Å². The highest BCUT2D eigenvalue weighted by molar-refractivity contribution is 7.92. The summed E-state index contributed by atoms with van der Waals surface area (Å²) in [5, 5.41) is 2.45. The normalized spacial score (nSPS) is 11.1. The van der Waals surface area contributed by atoms with Crippen molar-refractivity contribution in [3.63, 3.8) is 0 Å². The molecular weight excluding hydrogens is 276 g/mol. The minimum absolute atomic E-state index is 0.0864. The largest absolute Gasteiger partial charge is 0.467 e. The number of nitrogens with one attached hydrogen (secondary N) is 1. The molecule has 0 radical (unpaired) electrons. The standard InChI is InChI=1S/C10H14N2O4S2/c11-9(17)3-5-18(14,15)7-10(13)12-6-8-2-1-4-16-8/h1-2,4H,3,5-7H2,(H2,11,17)(H,12,13). The predicted octanol–water partition coefficient (Wildman–Crippen LogP) is -0.0132. The summed E-state index contributed by atoms with van der Waals surface area (Å²) in [5.74, 6) is -0.800. The van der Waals surface area contributed by atoms with E-state index in [4.69, 9.17) is 10.2 Å². The number of carbonyl (C=O) groups excluding carboxylic acids is 1. The van der Waals surface area contributed by atoms with Crippen molar-refractivity contribution in [2.75, 3.05) is 11.5 Å². The molecule has 100 valence electrons. The topological polar surface area (TPSA) is 102 Å². The van der Waals surface area contributed by atoms with Crippen molar-refractivity contribution in [1.29, 1.82) is 0 Å². The number of nitrogens with two attached hydrogens (primary N) is 1. The fourth-order valence-corrected chi connectivity index (χ4v) is 2.59. The monoisotopic (exact) mass is 290 g/mol. The first-order valence-electron chi connectivity index (χ1n) is 5.17. The van der Waals surface area contributed by atoms with E-state index >= 15 is 0 Å². The Morgan fingerprint density at radius 1 is 1.50 bits per heavy atom. The molecule has 3 N–H and O–H groups in total. The number of furan rings is 1. The second kappa shape index (κ2) is 6.50. The quantitative estimate of drug-likeness (QED) is 0.685. The van der Waals surface area contributed by atoms with Gasteiger partial charge in [-0.25, -0.2) is 8.42 Å². The van der Waals surface area contributed by atoms with Crippen LogP contribution in [-0.2, 0) is 21.2 Å². The Kier molecular flexibility index (Phi) is 5.29. The third-order valence-electron chi connectivity index (χ3n) is 2.05. The number of amides is 1. The van der Waals surface area contributed by atoms with Crippen LogP contribution in [0.5, 0.6) is 0 Å². The second-order valence-electron chi connectivity index (χ2n) is 3.66. The first-order chi connectivity index (χ1) is 8.39. The van der Waals surface area contributed by atoms with Crippen LogP contribution in [0.2, 0.25) is 0 Å². The molecule has 0 saturated carbocycles. The van der Waals surface area contributed by atoms with Crippen molar-refractivity contribution in [1.82, 2.24) is 5.32 Å². The van der Waals surface area contributed by atoms with E-state index in [-0.39, 0.29) is 23.7 Å². The Balaban J connectivity index is 2.37. The Hall–Kier alpha value is -1.41. The Bertz CT molecular complexity index is 508. The lowest BCUT2D eigenvalue weighted by Gasteiger charge is -2.04. The lowest BCUT2D eigenvalue weighted by molar-refractivity contribution is -0.118. The van der Waals surface area contributed by atoms with Gasteiger partial charge < -0.3 is 15.5 Å². The van der Waals surface area contributed by atoms with E-state index < -0.39 is 21.5 Å². The van der Waals surface area contributed by atoms with Crippen molar-refractivity contribution in [3.8, 4) is 0 Å². The zero-order valence-electron chi connectivity index (χ0n) is 9.59. The van der Waals surface area contributed by atoms with Crippen LogP contribution in [-0.4, -0.2) is 30.8 Å². The molecule has 0 aliphatic carbocycles. The van der Waals surface area contributed by atoms with E-state index in [2.05, 4.69) is 17.5 Å². The van der Waals surface area contributed by atoms with E-state index in [1.54, 1.807) is 12.1 Å². The molecule has 1 aromatic heterocycles. The molecule has 0 atom stereocenters. The fourth-order valence-electron chi connectivity index (χ4n) is 1.18. The molecule has 0 bridgehead atoms.